The maximum Gasteiger partial charge on any atom is 0.242 e. The second kappa shape index (κ2) is 13.4. The zero-order valence-corrected chi connectivity index (χ0v) is 23.9. The molecule has 2 saturated heterocycles. The fourth-order valence-corrected chi connectivity index (χ4v) is 7.19. The molecule has 2 aliphatic heterocycles. The maximum atomic E-state index is 13.9. The summed E-state index contributed by atoms with van der Waals surface area (Å²) in [7, 11) is 0. The van der Waals surface area contributed by atoms with Gasteiger partial charge < -0.3 is 19.6 Å². The molecule has 38 heavy (non-hydrogen) atoms. The van der Waals surface area contributed by atoms with Crippen molar-refractivity contribution in [2.45, 2.75) is 90.1 Å². The molecule has 0 aromatic heterocycles. The maximum absolute atomic E-state index is 13.9. The van der Waals surface area contributed by atoms with Crippen molar-refractivity contribution in [3.63, 3.8) is 0 Å². The number of aliphatic hydroxyl groups excluding tert-OH is 1. The Balaban J connectivity index is 1.59. The van der Waals surface area contributed by atoms with Crippen LogP contribution in [0.15, 0.2) is 30.3 Å². The lowest BCUT2D eigenvalue weighted by molar-refractivity contribution is -0.148. The Hall–Kier alpha value is -1.92. The van der Waals surface area contributed by atoms with E-state index < -0.39 is 0 Å². The van der Waals surface area contributed by atoms with Crippen molar-refractivity contribution in [3.8, 4) is 0 Å². The lowest BCUT2D eigenvalue weighted by Gasteiger charge is -2.44. The lowest BCUT2D eigenvalue weighted by Crippen LogP contribution is -2.52. The van der Waals surface area contributed by atoms with Gasteiger partial charge in [-0.3, -0.25) is 9.59 Å². The number of hydrogen-bond donors (Lipinski definition) is 1. The van der Waals surface area contributed by atoms with Crippen LogP contribution in [0.4, 0.5) is 0 Å². The Morgan fingerprint density at radius 2 is 1.89 bits per heavy atom. The topological polar surface area (TPSA) is 70.1 Å². The highest BCUT2D eigenvalue weighted by molar-refractivity contribution is 5.86. The van der Waals surface area contributed by atoms with Crippen molar-refractivity contribution in [2.24, 2.45) is 23.7 Å². The summed E-state index contributed by atoms with van der Waals surface area (Å²) in [6.07, 6.45) is 9.91. The van der Waals surface area contributed by atoms with Crippen molar-refractivity contribution in [3.05, 3.63) is 35.9 Å². The molecular weight excluding hydrogens is 476 g/mol. The van der Waals surface area contributed by atoms with Gasteiger partial charge in [0.2, 0.25) is 11.8 Å². The van der Waals surface area contributed by atoms with Gasteiger partial charge >= 0.3 is 0 Å². The smallest absolute Gasteiger partial charge is 0.242 e. The van der Waals surface area contributed by atoms with E-state index in [2.05, 4.69) is 51.1 Å². The minimum Gasteiger partial charge on any atom is -0.394 e. The number of morpholine rings is 1. The van der Waals surface area contributed by atoms with Crippen LogP contribution < -0.4 is 0 Å². The summed E-state index contributed by atoms with van der Waals surface area (Å²) >= 11 is 0. The molecule has 0 bridgehead atoms. The van der Waals surface area contributed by atoms with Crippen LogP contribution in [-0.2, 0) is 19.7 Å². The van der Waals surface area contributed by atoms with E-state index in [0.717, 1.165) is 44.4 Å². The molecule has 0 radical (unpaired) electrons. The summed E-state index contributed by atoms with van der Waals surface area (Å²) < 4.78 is 5.54. The first-order valence-corrected chi connectivity index (χ1v) is 15.2. The van der Waals surface area contributed by atoms with Gasteiger partial charge in [0.1, 0.15) is 0 Å². The summed E-state index contributed by atoms with van der Waals surface area (Å²) in [4.78, 5) is 30.9. The van der Waals surface area contributed by atoms with Gasteiger partial charge in [-0.05, 0) is 60.8 Å². The average Bonchev–Trinajstić information content (AvgIpc) is 2.93. The number of nitrogens with zero attached hydrogens (tertiary/aromatic N) is 2. The van der Waals surface area contributed by atoms with Crippen molar-refractivity contribution in [2.75, 3.05) is 39.4 Å². The van der Waals surface area contributed by atoms with E-state index in [9.17, 15) is 14.7 Å². The van der Waals surface area contributed by atoms with Gasteiger partial charge in [-0.15, -0.1) is 0 Å². The number of rotatable bonds is 8. The third-order valence-electron chi connectivity index (χ3n) is 10.2. The van der Waals surface area contributed by atoms with Gasteiger partial charge in [0.05, 0.1) is 25.9 Å². The summed E-state index contributed by atoms with van der Waals surface area (Å²) in [6.45, 7) is 8.82. The van der Waals surface area contributed by atoms with E-state index in [4.69, 9.17) is 4.74 Å². The van der Waals surface area contributed by atoms with Gasteiger partial charge in [-0.2, -0.15) is 0 Å². The fraction of sp³-hybridized carbons (Fsp3) is 0.750. The molecule has 5 atom stereocenters. The Labute approximate surface area is 230 Å². The zero-order chi connectivity index (χ0) is 27.1. The third-order valence-corrected chi connectivity index (χ3v) is 10.2. The van der Waals surface area contributed by atoms with Gasteiger partial charge in [-0.25, -0.2) is 0 Å². The molecule has 6 nitrogen and oxygen atoms in total. The second-order valence-electron chi connectivity index (χ2n) is 12.3. The summed E-state index contributed by atoms with van der Waals surface area (Å²) in [5, 5.41) is 9.52. The van der Waals surface area contributed by atoms with Crippen molar-refractivity contribution in [1.29, 1.82) is 0 Å². The Morgan fingerprint density at radius 3 is 2.55 bits per heavy atom. The highest BCUT2D eigenvalue weighted by Crippen LogP contribution is 2.46. The average molecular weight is 527 g/mol. The molecule has 4 rings (SSSR count). The van der Waals surface area contributed by atoms with Crippen molar-refractivity contribution < 1.29 is 19.4 Å². The van der Waals surface area contributed by atoms with Crippen LogP contribution in [0, 0.1) is 23.7 Å². The van der Waals surface area contributed by atoms with Crippen molar-refractivity contribution >= 4 is 11.8 Å². The monoisotopic (exact) mass is 526 g/mol. The number of carbonyl (C=O) groups is 2. The van der Waals surface area contributed by atoms with Crippen molar-refractivity contribution in [1.82, 2.24) is 9.80 Å². The van der Waals surface area contributed by atoms with E-state index in [1.165, 1.54) is 24.8 Å². The molecular formula is C32H50N2O4. The molecule has 4 unspecified atom stereocenters. The molecule has 0 spiro atoms. The molecule has 1 aliphatic carbocycles. The number of ether oxygens (including phenoxy) is 1. The molecule has 1 saturated carbocycles. The van der Waals surface area contributed by atoms with Crippen LogP contribution in [0.5, 0.6) is 0 Å². The molecule has 2 amide bonds. The second-order valence-corrected chi connectivity index (χ2v) is 12.3. The predicted molar refractivity (Wildman–Crippen MR) is 151 cm³/mol. The predicted octanol–water partition coefficient (Wildman–Crippen LogP) is 5.04. The molecule has 2 heterocycles. The van der Waals surface area contributed by atoms with Gasteiger partial charge in [0.25, 0.3) is 0 Å². The molecule has 3 aliphatic rings. The standard InChI is InChI=1S/C32H50N2O4/c1-4-24(2)32(28-12-6-5-7-13-28)15-9-17-34(22-30(36)33-18-19-38-29(21-33)23-35)31(37)25(3)27(14-16-32)20-26-10-8-11-26/h5-7,12-13,24-27,29,35H,4,8-11,14-23H2,1-3H3/t24?,25?,27?,29?,32-/m1/s1. The minimum absolute atomic E-state index is 0.0313. The van der Waals surface area contributed by atoms with Crippen LogP contribution in [0.25, 0.3) is 0 Å². The number of benzene rings is 1. The van der Waals surface area contributed by atoms with Gasteiger partial charge in [-0.1, -0.05) is 76.8 Å². The van der Waals surface area contributed by atoms with E-state index in [1.807, 2.05) is 4.90 Å². The highest BCUT2D eigenvalue weighted by Gasteiger charge is 2.41. The lowest BCUT2D eigenvalue weighted by atomic mass is 9.62. The van der Waals surface area contributed by atoms with Crippen LogP contribution in [0.1, 0.15) is 84.1 Å². The zero-order valence-electron chi connectivity index (χ0n) is 23.9. The highest BCUT2D eigenvalue weighted by atomic mass is 16.5. The fourth-order valence-electron chi connectivity index (χ4n) is 7.19. The van der Waals surface area contributed by atoms with Gasteiger partial charge in [0, 0.05) is 25.6 Å². The van der Waals surface area contributed by atoms with Crippen LogP contribution in [0.3, 0.4) is 0 Å². The molecule has 1 aromatic rings. The molecule has 212 valence electrons. The first-order valence-electron chi connectivity index (χ1n) is 15.2. The first-order chi connectivity index (χ1) is 18.4. The Morgan fingerprint density at radius 1 is 1.13 bits per heavy atom. The van der Waals surface area contributed by atoms with Crippen LogP contribution in [-0.4, -0.2) is 72.2 Å². The van der Waals surface area contributed by atoms with E-state index in [0.29, 0.717) is 38.1 Å². The molecule has 3 fully saturated rings. The molecule has 1 N–H and O–H groups in total. The van der Waals surface area contributed by atoms with Crippen LogP contribution in [0.2, 0.25) is 0 Å². The SMILES string of the molecule is CCC(C)[C@@]1(c2ccccc2)CCCN(CC(=O)N2CCOC(CO)C2)C(=O)C(C)C(CC2CCC2)CC1. The first kappa shape index (κ1) is 29.1. The molecule has 1 aromatic carbocycles. The summed E-state index contributed by atoms with van der Waals surface area (Å²) in [5.41, 5.74) is 1.52. The molecule has 6 heteroatoms. The number of amides is 2. The Kier molecular flexibility index (Phi) is 10.3. The minimum atomic E-state index is -0.338. The largest absolute Gasteiger partial charge is 0.394 e. The summed E-state index contributed by atoms with van der Waals surface area (Å²) in [6, 6.07) is 11.1. The van der Waals surface area contributed by atoms with E-state index in [-0.39, 0.29) is 42.4 Å². The number of hydrogen-bond acceptors (Lipinski definition) is 4. The quantitative estimate of drug-likeness (QED) is 0.516. The third kappa shape index (κ3) is 6.62. The number of carbonyl (C=O) groups excluding carboxylic acids is 2. The summed E-state index contributed by atoms with van der Waals surface area (Å²) in [5.74, 6) is 1.66. The number of aliphatic hydroxyl groups is 1. The van der Waals surface area contributed by atoms with Gasteiger partial charge in [0.15, 0.2) is 0 Å². The van der Waals surface area contributed by atoms with Crippen LogP contribution >= 0.6 is 0 Å². The van der Waals surface area contributed by atoms with E-state index >= 15 is 0 Å². The Bertz CT molecular complexity index is 904. The van der Waals surface area contributed by atoms with E-state index in [1.54, 1.807) is 4.90 Å². The normalized spacial score (nSPS) is 30.5.